The molecule has 5 rings (SSSR count). The minimum absolute atomic E-state index is 0.0876. The monoisotopic (exact) mass is 537 g/mol. The fourth-order valence-electron chi connectivity index (χ4n) is 5.90. The van der Waals surface area contributed by atoms with Crippen LogP contribution in [0.25, 0.3) is 11.4 Å². The molecule has 1 N–H and O–H groups in total. The number of aliphatic imine (C=N–C) groups is 1. The first-order valence-corrected chi connectivity index (χ1v) is 14.4. The summed E-state index contributed by atoms with van der Waals surface area (Å²) in [4.78, 5) is 25.5. The van der Waals surface area contributed by atoms with Crippen molar-refractivity contribution in [2.45, 2.75) is 85.2 Å². The summed E-state index contributed by atoms with van der Waals surface area (Å²) < 4.78 is 2.17. The highest BCUT2D eigenvalue weighted by Gasteiger charge is 2.40. The van der Waals surface area contributed by atoms with Gasteiger partial charge in [0.05, 0.1) is 29.3 Å². The Balaban J connectivity index is 1.67. The van der Waals surface area contributed by atoms with Crippen molar-refractivity contribution in [1.29, 1.82) is 0 Å². The second kappa shape index (κ2) is 12.0. The number of hydrogen-bond donors (Lipinski definition) is 1. The predicted molar refractivity (Wildman–Crippen MR) is 161 cm³/mol. The van der Waals surface area contributed by atoms with E-state index in [0.29, 0.717) is 17.3 Å². The van der Waals surface area contributed by atoms with Gasteiger partial charge in [0, 0.05) is 23.4 Å². The van der Waals surface area contributed by atoms with Crippen molar-refractivity contribution < 1.29 is 4.79 Å². The fourth-order valence-corrected chi connectivity index (χ4v) is 5.90. The molecule has 0 bridgehead atoms. The Kier molecular flexibility index (Phi) is 8.24. The van der Waals surface area contributed by atoms with Crippen LogP contribution in [0.1, 0.15) is 99.8 Å². The number of aryl methyl sites for hydroxylation is 1. The van der Waals surface area contributed by atoms with Gasteiger partial charge in [-0.25, -0.2) is 4.99 Å². The topological polar surface area (TPSA) is 88.3 Å². The smallest absolute Gasteiger partial charge is 0.255 e. The van der Waals surface area contributed by atoms with E-state index in [4.69, 9.17) is 4.99 Å². The van der Waals surface area contributed by atoms with Gasteiger partial charge in [0.15, 0.2) is 11.7 Å². The second-order valence-electron chi connectivity index (χ2n) is 10.5. The van der Waals surface area contributed by atoms with E-state index >= 15 is 0 Å². The van der Waals surface area contributed by atoms with E-state index in [2.05, 4.69) is 63.7 Å². The number of nitrogens with zero attached hydrogens (tertiary/aromatic N) is 6. The van der Waals surface area contributed by atoms with Crippen LogP contribution in [0.2, 0.25) is 0 Å². The van der Waals surface area contributed by atoms with Crippen LogP contribution in [0.5, 0.6) is 0 Å². The normalized spacial score (nSPS) is 20.1. The standard InChI is InChI=1S/C32H39N7O/c1-6-21(4)29(25-18-19-33-20-26(25)34-32(40)23-14-10-9-11-15-23)35-30-27(7-2)38-22(5)36-37-31(38)28(8-3)39(30)24-16-12-13-17-24/h7,9-11,14-15,18-20,24,28H,6,8,12-13,16-17H2,1-5H3,(H,34,40)/b27-7+,29-21+,35-30-. The van der Waals surface area contributed by atoms with Gasteiger partial charge >= 0.3 is 0 Å². The van der Waals surface area contributed by atoms with Crippen molar-refractivity contribution in [2.24, 2.45) is 4.99 Å². The minimum atomic E-state index is -0.175. The first kappa shape index (κ1) is 27.5. The summed E-state index contributed by atoms with van der Waals surface area (Å²) in [6, 6.07) is 11.7. The summed E-state index contributed by atoms with van der Waals surface area (Å²) in [6.45, 7) is 10.5. The number of fused-ring (bicyclic) bond motifs is 1. The Bertz CT molecular complexity index is 1460. The maximum atomic E-state index is 13.1. The summed E-state index contributed by atoms with van der Waals surface area (Å²) in [6.07, 6.45) is 12.0. The van der Waals surface area contributed by atoms with Gasteiger partial charge in [-0.3, -0.25) is 14.3 Å². The third kappa shape index (κ3) is 5.10. The highest BCUT2D eigenvalue weighted by Crippen LogP contribution is 2.41. The summed E-state index contributed by atoms with van der Waals surface area (Å²) in [7, 11) is 0. The van der Waals surface area contributed by atoms with Gasteiger partial charge in [0.25, 0.3) is 5.91 Å². The van der Waals surface area contributed by atoms with E-state index in [0.717, 1.165) is 65.7 Å². The molecular formula is C32H39N7O. The molecule has 208 valence electrons. The predicted octanol–water partition coefficient (Wildman–Crippen LogP) is 7.04. The number of carbonyl (C=O) groups is 1. The molecule has 8 heteroatoms. The Hall–Kier alpha value is -4.07. The van der Waals surface area contributed by atoms with Crippen LogP contribution >= 0.6 is 0 Å². The van der Waals surface area contributed by atoms with Crippen molar-refractivity contribution in [3.63, 3.8) is 0 Å². The second-order valence-corrected chi connectivity index (χ2v) is 10.5. The van der Waals surface area contributed by atoms with Crippen LogP contribution in [-0.2, 0) is 0 Å². The number of aromatic nitrogens is 4. The number of amides is 1. The number of nitrogens with one attached hydrogen (secondary N) is 1. The van der Waals surface area contributed by atoms with E-state index in [9.17, 15) is 4.79 Å². The average Bonchev–Trinajstić information content (AvgIpc) is 3.66. The van der Waals surface area contributed by atoms with Crippen molar-refractivity contribution >= 4 is 28.8 Å². The van der Waals surface area contributed by atoms with Crippen molar-refractivity contribution in [2.75, 3.05) is 5.32 Å². The summed E-state index contributed by atoms with van der Waals surface area (Å²) in [5, 5.41) is 12.2. The molecule has 2 aliphatic rings. The Labute approximate surface area is 237 Å². The van der Waals surface area contributed by atoms with E-state index < -0.39 is 0 Å². The maximum absolute atomic E-state index is 13.1. The van der Waals surface area contributed by atoms with Gasteiger partial charge in [-0.1, -0.05) is 51.0 Å². The van der Waals surface area contributed by atoms with Crippen molar-refractivity contribution in [3.05, 3.63) is 83.2 Å². The first-order valence-electron chi connectivity index (χ1n) is 14.4. The number of amidine groups is 1. The van der Waals surface area contributed by atoms with Gasteiger partial charge in [-0.2, -0.15) is 0 Å². The first-order chi connectivity index (χ1) is 19.5. The largest absolute Gasteiger partial charge is 0.342 e. The third-order valence-electron chi connectivity index (χ3n) is 8.09. The molecule has 0 radical (unpaired) electrons. The van der Waals surface area contributed by atoms with Crippen LogP contribution in [0.3, 0.4) is 0 Å². The lowest BCUT2D eigenvalue weighted by Crippen LogP contribution is -2.47. The van der Waals surface area contributed by atoms with Gasteiger partial charge in [0.1, 0.15) is 5.82 Å². The Morgan fingerprint density at radius 1 is 1.12 bits per heavy atom. The van der Waals surface area contributed by atoms with Gasteiger partial charge in [-0.05, 0) is 70.2 Å². The van der Waals surface area contributed by atoms with E-state index in [1.165, 1.54) is 12.8 Å². The van der Waals surface area contributed by atoms with Crippen LogP contribution in [-0.4, -0.2) is 42.4 Å². The van der Waals surface area contributed by atoms with Crippen LogP contribution in [0.15, 0.2) is 65.4 Å². The van der Waals surface area contributed by atoms with E-state index in [1.807, 2.05) is 43.3 Å². The number of hydrogen-bond acceptors (Lipinski definition) is 5. The maximum Gasteiger partial charge on any atom is 0.255 e. The molecule has 1 amide bonds. The van der Waals surface area contributed by atoms with Crippen molar-refractivity contribution in [1.82, 2.24) is 24.6 Å². The molecule has 8 nitrogen and oxygen atoms in total. The van der Waals surface area contributed by atoms with E-state index in [-0.39, 0.29) is 11.9 Å². The zero-order chi connectivity index (χ0) is 28.2. The number of anilines is 1. The lowest BCUT2D eigenvalue weighted by Gasteiger charge is -2.43. The average molecular weight is 538 g/mol. The fraction of sp³-hybridized carbons (Fsp3) is 0.406. The molecule has 2 aromatic heterocycles. The molecule has 0 spiro atoms. The van der Waals surface area contributed by atoms with Crippen LogP contribution < -0.4 is 5.32 Å². The van der Waals surface area contributed by atoms with Gasteiger partial charge < -0.3 is 10.2 Å². The molecular weight excluding hydrogens is 498 g/mol. The quantitative estimate of drug-likeness (QED) is 0.349. The molecule has 3 heterocycles. The van der Waals surface area contributed by atoms with Gasteiger partial charge in [0.2, 0.25) is 0 Å². The van der Waals surface area contributed by atoms with E-state index in [1.54, 1.807) is 12.4 Å². The number of carbonyl (C=O) groups excluding carboxylic acids is 1. The van der Waals surface area contributed by atoms with Crippen molar-refractivity contribution in [3.8, 4) is 0 Å². The highest BCUT2D eigenvalue weighted by atomic mass is 16.1. The number of pyridine rings is 1. The Morgan fingerprint density at radius 3 is 2.55 bits per heavy atom. The zero-order valence-corrected chi connectivity index (χ0v) is 24.2. The molecule has 1 saturated carbocycles. The number of rotatable bonds is 7. The molecule has 0 saturated heterocycles. The number of allylic oxidation sites excluding steroid dienone is 2. The SMILES string of the molecule is C\C=C1/C(=N/C(=C(\C)CC)c2ccncc2NC(=O)c2ccccc2)N(C2CCCC2)C(CC)c2nnc(C)n21. The third-order valence-corrected chi connectivity index (χ3v) is 8.09. The molecule has 1 aromatic carbocycles. The van der Waals surface area contributed by atoms with Crippen LogP contribution in [0.4, 0.5) is 5.69 Å². The molecule has 3 aromatic rings. The minimum Gasteiger partial charge on any atom is -0.342 e. The molecule has 1 unspecified atom stereocenters. The summed E-state index contributed by atoms with van der Waals surface area (Å²) in [5.74, 6) is 2.61. The molecule has 1 fully saturated rings. The molecule has 1 aliphatic carbocycles. The highest BCUT2D eigenvalue weighted by molar-refractivity contribution is 6.20. The molecule has 1 atom stereocenters. The van der Waals surface area contributed by atoms with Gasteiger partial charge in [-0.15, -0.1) is 10.2 Å². The lowest BCUT2D eigenvalue weighted by atomic mass is 10.0. The number of benzene rings is 1. The molecule has 40 heavy (non-hydrogen) atoms. The zero-order valence-electron chi connectivity index (χ0n) is 24.2. The summed E-state index contributed by atoms with van der Waals surface area (Å²) in [5.41, 5.74) is 5.08. The summed E-state index contributed by atoms with van der Waals surface area (Å²) >= 11 is 0. The molecule has 1 aliphatic heterocycles. The lowest BCUT2D eigenvalue weighted by molar-refractivity contribution is 0.102. The van der Waals surface area contributed by atoms with Crippen LogP contribution in [0, 0.1) is 6.92 Å². The Morgan fingerprint density at radius 2 is 1.88 bits per heavy atom.